The van der Waals surface area contributed by atoms with Gasteiger partial charge in [-0.05, 0) is 20.3 Å². The molecule has 4 heteroatoms. The zero-order chi connectivity index (χ0) is 11.4. The fraction of sp³-hybridized carbons (Fsp3) is 1.00. The highest BCUT2D eigenvalue weighted by Gasteiger charge is 2.10. The number of aliphatic hydroxyl groups excluding tert-OH is 2. The van der Waals surface area contributed by atoms with Gasteiger partial charge in [-0.3, -0.25) is 0 Å². The van der Waals surface area contributed by atoms with E-state index in [-0.39, 0.29) is 18.8 Å². The Kier molecular flexibility index (Phi) is 12.7. The van der Waals surface area contributed by atoms with Gasteiger partial charge in [0.25, 0.3) is 0 Å². The van der Waals surface area contributed by atoms with Gasteiger partial charge in [-0.15, -0.1) is 0 Å². The molecule has 88 valence electrons. The number of rotatable bonds is 6. The van der Waals surface area contributed by atoms with Crippen LogP contribution < -0.4 is 0 Å². The van der Waals surface area contributed by atoms with E-state index in [1.54, 1.807) is 7.11 Å². The van der Waals surface area contributed by atoms with Crippen LogP contribution in [0.5, 0.6) is 0 Å². The normalized spacial score (nSPS) is 10.7. The molecule has 14 heavy (non-hydrogen) atoms. The summed E-state index contributed by atoms with van der Waals surface area (Å²) < 4.78 is 9.72. The third-order valence-electron chi connectivity index (χ3n) is 1.88. The van der Waals surface area contributed by atoms with Crippen LogP contribution in [0.4, 0.5) is 0 Å². The second-order valence-electron chi connectivity index (χ2n) is 3.38. The second kappa shape index (κ2) is 10.9. The summed E-state index contributed by atoms with van der Waals surface area (Å²) in [6.45, 7) is 6.96. The maximum absolute atomic E-state index is 8.09. The SMILES string of the molecule is CCC(C)(C)OC.OCCOCCO. The topological polar surface area (TPSA) is 58.9 Å². The molecule has 0 radical (unpaired) electrons. The van der Waals surface area contributed by atoms with Gasteiger partial charge in [0, 0.05) is 7.11 Å². The maximum Gasteiger partial charge on any atom is 0.0698 e. The van der Waals surface area contributed by atoms with Crippen LogP contribution in [0.3, 0.4) is 0 Å². The molecule has 0 aliphatic rings. The Morgan fingerprint density at radius 1 is 1.07 bits per heavy atom. The molecule has 0 fully saturated rings. The lowest BCUT2D eigenvalue weighted by atomic mass is 10.1. The van der Waals surface area contributed by atoms with E-state index in [2.05, 4.69) is 25.5 Å². The summed E-state index contributed by atoms with van der Waals surface area (Å²) in [7, 11) is 1.74. The van der Waals surface area contributed by atoms with Gasteiger partial charge < -0.3 is 19.7 Å². The van der Waals surface area contributed by atoms with Crippen LogP contribution in [0.2, 0.25) is 0 Å². The first-order valence-electron chi connectivity index (χ1n) is 4.88. The standard InChI is InChI=1S/C6H14O.C4H10O3/c1-5-6(2,3)7-4;5-1-3-7-4-2-6/h5H2,1-4H3;5-6H,1-4H2. The van der Waals surface area contributed by atoms with Crippen molar-refractivity contribution in [1.82, 2.24) is 0 Å². The van der Waals surface area contributed by atoms with Crippen molar-refractivity contribution in [3.63, 3.8) is 0 Å². The van der Waals surface area contributed by atoms with E-state index in [0.717, 1.165) is 6.42 Å². The van der Waals surface area contributed by atoms with Gasteiger partial charge in [-0.2, -0.15) is 0 Å². The maximum atomic E-state index is 8.09. The molecule has 0 amide bonds. The Labute approximate surface area is 86.8 Å². The van der Waals surface area contributed by atoms with Crippen LogP contribution >= 0.6 is 0 Å². The summed E-state index contributed by atoms with van der Waals surface area (Å²) in [5.41, 5.74) is 0.0833. The molecule has 0 heterocycles. The minimum absolute atomic E-state index is 0.0278. The van der Waals surface area contributed by atoms with E-state index >= 15 is 0 Å². The lowest BCUT2D eigenvalue weighted by Gasteiger charge is -2.19. The Hall–Kier alpha value is -0.160. The molecule has 0 unspecified atom stereocenters. The Bertz CT molecular complexity index is 94.3. The van der Waals surface area contributed by atoms with Gasteiger partial charge in [0.2, 0.25) is 0 Å². The molecule has 0 saturated carbocycles. The van der Waals surface area contributed by atoms with E-state index in [4.69, 9.17) is 14.9 Å². The van der Waals surface area contributed by atoms with Crippen LogP contribution in [-0.2, 0) is 9.47 Å². The first kappa shape index (κ1) is 16.3. The van der Waals surface area contributed by atoms with Gasteiger partial charge in [-0.1, -0.05) is 6.92 Å². The molecule has 0 bridgehead atoms. The van der Waals surface area contributed by atoms with Crippen molar-refractivity contribution in [2.24, 2.45) is 0 Å². The van der Waals surface area contributed by atoms with Crippen LogP contribution in [0.25, 0.3) is 0 Å². The van der Waals surface area contributed by atoms with Crippen LogP contribution in [0, 0.1) is 0 Å². The third kappa shape index (κ3) is 14.4. The summed E-state index contributed by atoms with van der Waals surface area (Å²) in [6.07, 6.45) is 1.07. The van der Waals surface area contributed by atoms with Gasteiger partial charge in [-0.25, -0.2) is 0 Å². The Morgan fingerprint density at radius 2 is 1.50 bits per heavy atom. The third-order valence-corrected chi connectivity index (χ3v) is 1.88. The molecule has 0 aromatic heterocycles. The lowest BCUT2D eigenvalue weighted by Crippen LogP contribution is -2.20. The fourth-order valence-electron chi connectivity index (χ4n) is 0.375. The van der Waals surface area contributed by atoms with Crippen molar-refractivity contribution < 1.29 is 19.7 Å². The number of hydrogen-bond acceptors (Lipinski definition) is 4. The van der Waals surface area contributed by atoms with Crippen molar-refractivity contribution in [2.75, 3.05) is 33.5 Å². The Morgan fingerprint density at radius 3 is 1.64 bits per heavy atom. The molecule has 0 aromatic rings. The fourth-order valence-corrected chi connectivity index (χ4v) is 0.375. The van der Waals surface area contributed by atoms with Crippen LogP contribution in [0.1, 0.15) is 27.2 Å². The van der Waals surface area contributed by atoms with Crippen LogP contribution in [-0.4, -0.2) is 49.4 Å². The molecule has 2 N–H and O–H groups in total. The molecular weight excluding hydrogens is 184 g/mol. The van der Waals surface area contributed by atoms with Crippen molar-refractivity contribution in [1.29, 1.82) is 0 Å². The van der Waals surface area contributed by atoms with E-state index in [0.29, 0.717) is 13.2 Å². The molecule has 0 aromatic carbocycles. The molecular formula is C10H24O4. The zero-order valence-corrected chi connectivity index (χ0v) is 9.75. The first-order chi connectivity index (χ1) is 6.54. The summed E-state index contributed by atoms with van der Waals surface area (Å²) in [4.78, 5) is 0. The molecule has 4 nitrogen and oxygen atoms in total. The van der Waals surface area contributed by atoms with Crippen molar-refractivity contribution in [3.8, 4) is 0 Å². The van der Waals surface area contributed by atoms with Crippen molar-refractivity contribution in [2.45, 2.75) is 32.8 Å². The summed E-state index contributed by atoms with van der Waals surface area (Å²) in [5, 5.41) is 16.2. The van der Waals surface area contributed by atoms with Gasteiger partial charge in [0.05, 0.1) is 32.0 Å². The number of ether oxygens (including phenoxy) is 2. The van der Waals surface area contributed by atoms with E-state index in [1.807, 2.05) is 0 Å². The molecule has 0 aliphatic heterocycles. The monoisotopic (exact) mass is 208 g/mol. The van der Waals surface area contributed by atoms with Gasteiger partial charge >= 0.3 is 0 Å². The number of aliphatic hydroxyl groups is 2. The highest BCUT2D eigenvalue weighted by Crippen LogP contribution is 2.10. The average Bonchev–Trinajstić information content (AvgIpc) is 2.20. The number of hydrogen-bond donors (Lipinski definition) is 2. The van der Waals surface area contributed by atoms with E-state index in [1.165, 1.54) is 0 Å². The molecule has 0 atom stereocenters. The quantitative estimate of drug-likeness (QED) is 0.634. The van der Waals surface area contributed by atoms with Crippen molar-refractivity contribution >= 4 is 0 Å². The summed E-state index contributed by atoms with van der Waals surface area (Å²) >= 11 is 0. The second-order valence-corrected chi connectivity index (χ2v) is 3.38. The average molecular weight is 208 g/mol. The minimum atomic E-state index is 0.0278. The van der Waals surface area contributed by atoms with E-state index in [9.17, 15) is 0 Å². The molecule has 0 saturated heterocycles. The van der Waals surface area contributed by atoms with Gasteiger partial charge in [0.15, 0.2) is 0 Å². The van der Waals surface area contributed by atoms with Crippen LogP contribution in [0.15, 0.2) is 0 Å². The smallest absolute Gasteiger partial charge is 0.0698 e. The first-order valence-corrected chi connectivity index (χ1v) is 4.88. The minimum Gasteiger partial charge on any atom is -0.394 e. The molecule has 0 rings (SSSR count). The van der Waals surface area contributed by atoms with E-state index < -0.39 is 0 Å². The molecule has 0 aliphatic carbocycles. The molecule has 0 spiro atoms. The highest BCUT2D eigenvalue weighted by atomic mass is 16.5. The largest absolute Gasteiger partial charge is 0.394 e. The Balaban J connectivity index is 0. The highest BCUT2D eigenvalue weighted by molar-refractivity contribution is 4.62. The zero-order valence-electron chi connectivity index (χ0n) is 9.75. The predicted octanol–water partition coefficient (Wildman–Crippen LogP) is 0.809. The number of methoxy groups -OCH3 is 1. The van der Waals surface area contributed by atoms with Crippen molar-refractivity contribution in [3.05, 3.63) is 0 Å². The van der Waals surface area contributed by atoms with Gasteiger partial charge in [0.1, 0.15) is 0 Å². The predicted molar refractivity (Wildman–Crippen MR) is 56.4 cm³/mol. The summed E-state index contributed by atoms with van der Waals surface area (Å²) in [5.74, 6) is 0. The summed E-state index contributed by atoms with van der Waals surface area (Å²) in [6, 6.07) is 0. The lowest BCUT2D eigenvalue weighted by molar-refractivity contribution is 0.0196.